The Morgan fingerprint density at radius 1 is 0.852 bits per heavy atom. The highest BCUT2D eigenvalue weighted by molar-refractivity contribution is 5.92. The van der Waals surface area contributed by atoms with Crippen LogP contribution in [0.15, 0.2) is 97.2 Å². The lowest BCUT2D eigenvalue weighted by atomic mass is 9.97. The summed E-state index contributed by atoms with van der Waals surface area (Å²) in [5.41, 5.74) is 4.54. The van der Waals surface area contributed by atoms with Gasteiger partial charge in [-0.25, -0.2) is 4.98 Å². The summed E-state index contributed by atoms with van der Waals surface area (Å²) in [6, 6.07) is 26.8. The van der Waals surface area contributed by atoms with Crippen LogP contribution in [0.25, 0.3) is 11.3 Å². The van der Waals surface area contributed by atoms with Crippen molar-refractivity contribution in [2.24, 2.45) is 0 Å². The van der Waals surface area contributed by atoms with E-state index in [4.69, 9.17) is 4.74 Å². The third-order valence-electron chi connectivity index (χ3n) is 4.54. The molecule has 27 heavy (non-hydrogen) atoms. The van der Waals surface area contributed by atoms with Crippen molar-refractivity contribution in [1.29, 1.82) is 0 Å². The normalized spacial score (nSPS) is 16.6. The van der Waals surface area contributed by atoms with Gasteiger partial charge in [-0.15, -0.1) is 0 Å². The highest BCUT2D eigenvalue weighted by atomic mass is 16.5. The van der Waals surface area contributed by atoms with Gasteiger partial charge in [0.05, 0.1) is 5.70 Å². The molecule has 1 unspecified atom stereocenters. The fourth-order valence-corrected chi connectivity index (χ4v) is 3.32. The number of hydrogen-bond acceptors (Lipinski definition) is 3. The van der Waals surface area contributed by atoms with Crippen molar-refractivity contribution in [3.8, 4) is 0 Å². The molecule has 1 atom stereocenters. The number of allylic oxidation sites excluding steroid dienone is 2. The van der Waals surface area contributed by atoms with Crippen LogP contribution in [0, 0.1) is 0 Å². The molecule has 3 aromatic rings. The van der Waals surface area contributed by atoms with E-state index < -0.39 is 0 Å². The highest BCUT2D eigenvalue weighted by Crippen LogP contribution is 2.35. The topological polar surface area (TPSA) is 25.4 Å². The van der Waals surface area contributed by atoms with Crippen LogP contribution in [0.1, 0.15) is 18.1 Å². The average Bonchev–Trinajstić information content (AvgIpc) is 2.75. The summed E-state index contributed by atoms with van der Waals surface area (Å²) in [5.74, 6) is 0.870. The SMILES string of the molecule is CCOC1C=C(c2ccccc2)C=C(c2ccccc2)N1c1ccccn1. The predicted octanol–water partition coefficient (Wildman–Crippen LogP) is 5.39. The second kappa shape index (κ2) is 8.02. The summed E-state index contributed by atoms with van der Waals surface area (Å²) < 4.78 is 6.12. The van der Waals surface area contributed by atoms with Gasteiger partial charge in [-0.2, -0.15) is 0 Å². The Morgan fingerprint density at radius 2 is 1.52 bits per heavy atom. The van der Waals surface area contributed by atoms with Crippen LogP contribution in [-0.2, 0) is 4.74 Å². The minimum atomic E-state index is -0.222. The van der Waals surface area contributed by atoms with E-state index in [1.54, 1.807) is 0 Å². The molecule has 2 aromatic carbocycles. The lowest BCUT2D eigenvalue weighted by molar-refractivity contribution is 0.101. The van der Waals surface area contributed by atoms with Crippen molar-refractivity contribution in [3.63, 3.8) is 0 Å². The van der Waals surface area contributed by atoms with E-state index in [-0.39, 0.29) is 6.23 Å². The van der Waals surface area contributed by atoms with Crippen LogP contribution in [-0.4, -0.2) is 17.8 Å². The summed E-state index contributed by atoms with van der Waals surface area (Å²) in [4.78, 5) is 6.74. The predicted molar refractivity (Wildman–Crippen MR) is 111 cm³/mol. The van der Waals surface area contributed by atoms with Crippen LogP contribution < -0.4 is 4.90 Å². The van der Waals surface area contributed by atoms with Crippen LogP contribution in [0.2, 0.25) is 0 Å². The Kier molecular flexibility index (Phi) is 5.13. The van der Waals surface area contributed by atoms with E-state index in [0.29, 0.717) is 6.61 Å². The Hall–Kier alpha value is -3.17. The van der Waals surface area contributed by atoms with Gasteiger partial charge in [-0.05, 0) is 47.9 Å². The maximum atomic E-state index is 6.12. The summed E-state index contributed by atoms with van der Waals surface area (Å²) in [7, 11) is 0. The number of hydrogen-bond donors (Lipinski definition) is 0. The van der Waals surface area contributed by atoms with Crippen molar-refractivity contribution in [2.45, 2.75) is 13.2 Å². The Bertz CT molecular complexity index is 934. The maximum Gasteiger partial charge on any atom is 0.155 e. The molecule has 0 N–H and O–H groups in total. The summed E-state index contributed by atoms with van der Waals surface area (Å²) in [6.07, 6.45) is 5.98. The van der Waals surface area contributed by atoms with E-state index in [0.717, 1.165) is 22.7 Å². The third kappa shape index (κ3) is 3.69. The first kappa shape index (κ1) is 17.3. The first-order chi connectivity index (χ1) is 13.4. The van der Waals surface area contributed by atoms with Crippen molar-refractivity contribution < 1.29 is 4.74 Å². The molecule has 0 fully saturated rings. The quantitative estimate of drug-likeness (QED) is 0.614. The van der Waals surface area contributed by atoms with Crippen molar-refractivity contribution in [1.82, 2.24) is 4.98 Å². The number of aromatic nitrogens is 1. The molecule has 3 nitrogen and oxygen atoms in total. The molecule has 0 radical (unpaired) electrons. The van der Waals surface area contributed by atoms with Gasteiger partial charge >= 0.3 is 0 Å². The molecule has 0 aliphatic carbocycles. The highest BCUT2D eigenvalue weighted by Gasteiger charge is 2.27. The minimum Gasteiger partial charge on any atom is -0.355 e. The Morgan fingerprint density at radius 3 is 2.15 bits per heavy atom. The molecule has 0 saturated carbocycles. The van der Waals surface area contributed by atoms with Gasteiger partial charge in [0.2, 0.25) is 0 Å². The Balaban J connectivity index is 1.87. The molecule has 0 spiro atoms. The van der Waals surface area contributed by atoms with Gasteiger partial charge < -0.3 is 4.74 Å². The molecule has 1 aliphatic rings. The number of benzene rings is 2. The van der Waals surface area contributed by atoms with E-state index in [9.17, 15) is 0 Å². The molecule has 2 heterocycles. The molecule has 4 rings (SSSR count). The molecule has 134 valence electrons. The largest absolute Gasteiger partial charge is 0.355 e. The summed E-state index contributed by atoms with van der Waals surface area (Å²) in [6.45, 7) is 2.64. The van der Waals surface area contributed by atoms with Gasteiger partial charge in [0.25, 0.3) is 0 Å². The fraction of sp³-hybridized carbons (Fsp3) is 0.125. The lowest BCUT2D eigenvalue weighted by Gasteiger charge is -2.36. The van der Waals surface area contributed by atoms with Crippen LogP contribution in [0.5, 0.6) is 0 Å². The zero-order valence-electron chi connectivity index (χ0n) is 15.3. The second-order valence-corrected chi connectivity index (χ2v) is 6.29. The second-order valence-electron chi connectivity index (χ2n) is 6.29. The minimum absolute atomic E-state index is 0.222. The molecule has 0 amide bonds. The number of rotatable bonds is 5. The third-order valence-corrected chi connectivity index (χ3v) is 4.54. The Labute approximate surface area is 160 Å². The van der Waals surface area contributed by atoms with E-state index in [1.807, 2.05) is 43.5 Å². The molecule has 0 bridgehead atoms. The van der Waals surface area contributed by atoms with E-state index in [2.05, 4.69) is 70.6 Å². The van der Waals surface area contributed by atoms with Gasteiger partial charge in [0.1, 0.15) is 5.82 Å². The van der Waals surface area contributed by atoms with Crippen molar-refractivity contribution in [2.75, 3.05) is 11.5 Å². The fourth-order valence-electron chi connectivity index (χ4n) is 3.32. The van der Waals surface area contributed by atoms with Gasteiger partial charge in [0.15, 0.2) is 6.23 Å². The maximum absolute atomic E-state index is 6.12. The molecular weight excluding hydrogens is 332 g/mol. The number of anilines is 1. The molecule has 3 heteroatoms. The van der Waals surface area contributed by atoms with Crippen LogP contribution in [0.3, 0.4) is 0 Å². The van der Waals surface area contributed by atoms with Gasteiger partial charge in [-0.1, -0.05) is 66.7 Å². The monoisotopic (exact) mass is 354 g/mol. The zero-order chi connectivity index (χ0) is 18.5. The molecule has 1 aromatic heterocycles. The van der Waals surface area contributed by atoms with Crippen LogP contribution >= 0.6 is 0 Å². The van der Waals surface area contributed by atoms with Gasteiger partial charge in [0, 0.05) is 12.8 Å². The standard InChI is InChI=1S/C24H22N2O/c1-2-27-24-18-21(19-11-5-3-6-12-19)17-22(20-13-7-4-8-14-20)26(24)23-15-9-10-16-25-23/h3-18,24H,2H2,1H3. The van der Waals surface area contributed by atoms with Crippen molar-refractivity contribution >= 4 is 17.1 Å². The number of ether oxygens (including phenoxy) is 1. The van der Waals surface area contributed by atoms with E-state index in [1.165, 1.54) is 5.56 Å². The zero-order valence-corrected chi connectivity index (χ0v) is 15.3. The summed E-state index contributed by atoms with van der Waals surface area (Å²) >= 11 is 0. The van der Waals surface area contributed by atoms with Gasteiger partial charge in [-0.3, -0.25) is 4.90 Å². The first-order valence-corrected chi connectivity index (χ1v) is 9.23. The average molecular weight is 354 g/mol. The van der Waals surface area contributed by atoms with E-state index >= 15 is 0 Å². The van der Waals surface area contributed by atoms with Crippen LogP contribution in [0.4, 0.5) is 5.82 Å². The molecule has 0 saturated heterocycles. The summed E-state index contributed by atoms with van der Waals surface area (Å²) in [5, 5.41) is 0. The number of pyridine rings is 1. The number of nitrogens with zero attached hydrogens (tertiary/aromatic N) is 2. The first-order valence-electron chi connectivity index (χ1n) is 9.23. The molecule has 1 aliphatic heterocycles. The molecular formula is C24H22N2O. The lowest BCUT2D eigenvalue weighted by Crippen LogP contribution is -2.37. The smallest absolute Gasteiger partial charge is 0.155 e. The van der Waals surface area contributed by atoms with Crippen molar-refractivity contribution in [3.05, 3.63) is 108 Å².